The molecule has 0 saturated carbocycles. The number of likely N-dealkylation sites (N-methyl/N-ethyl adjacent to an activating group) is 1. The molecular formula is C21H25F2N3O3. The van der Waals surface area contributed by atoms with Gasteiger partial charge in [0.25, 0.3) is 0 Å². The highest BCUT2D eigenvalue weighted by atomic mass is 19.1. The number of nitrogens with zero attached hydrogens (tertiary/aromatic N) is 1. The van der Waals surface area contributed by atoms with Crippen LogP contribution in [0, 0.1) is 11.6 Å². The quantitative estimate of drug-likeness (QED) is 0.673. The van der Waals surface area contributed by atoms with Gasteiger partial charge in [0, 0.05) is 23.4 Å². The minimum Gasteiger partial charge on any atom is -0.497 e. The summed E-state index contributed by atoms with van der Waals surface area (Å²) >= 11 is 0. The molecule has 0 unspecified atom stereocenters. The van der Waals surface area contributed by atoms with Crippen molar-refractivity contribution in [2.75, 3.05) is 32.1 Å². The molecular weight excluding hydrogens is 380 g/mol. The molecule has 0 heterocycles. The Kier molecular flexibility index (Phi) is 8.09. The number of benzene rings is 2. The fourth-order valence-corrected chi connectivity index (χ4v) is 2.80. The topological polar surface area (TPSA) is 70.7 Å². The van der Waals surface area contributed by atoms with Crippen LogP contribution in [0.2, 0.25) is 0 Å². The Balaban J connectivity index is 1.89. The zero-order valence-corrected chi connectivity index (χ0v) is 16.7. The molecule has 0 saturated heterocycles. The van der Waals surface area contributed by atoms with Gasteiger partial charge in [-0.05, 0) is 31.7 Å². The number of nitrogens with one attached hydrogen (secondary N) is 2. The maximum absolute atomic E-state index is 13.8. The molecule has 8 heteroatoms. The fraction of sp³-hybridized carbons (Fsp3) is 0.333. The molecule has 2 amide bonds. The van der Waals surface area contributed by atoms with Crippen LogP contribution in [0.25, 0.3) is 0 Å². The summed E-state index contributed by atoms with van der Waals surface area (Å²) in [5.41, 5.74) is 0.786. The second kappa shape index (κ2) is 10.5. The number of ether oxygens (including phenoxy) is 1. The summed E-state index contributed by atoms with van der Waals surface area (Å²) in [6, 6.07) is 9.55. The molecule has 2 rings (SSSR count). The van der Waals surface area contributed by atoms with Crippen LogP contribution in [0.4, 0.5) is 14.5 Å². The van der Waals surface area contributed by atoms with Crippen LogP contribution in [0.15, 0.2) is 42.5 Å². The first-order chi connectivity index (χ1) is 13.8. The zero-order valence-electron chi connectivity index (χ0n) is 16.7. The van der Waals surface area contributed by atoms with E-state index in [2.05, 4.69) is 10.6 Å². The molecule has 6 nitrogen and oxygen atoms in total. The van der Waals surface area contributed by atoms with Crippen molar-refractivity contribution in [2.24, 2.45) is 0 Å². The maximum atomic E-state index is 13.8. The number of halogens is 2. The van der Waals surface area contributed by atoms with E-state index in [0.717, 1.165) is 12.1 Å². The Hall–Kier alpha value is -3.00. The van der Waals surface area contributed by atoms with E-state index in [1.807, 2.05) is 6.92 Å². The van der Waals surface area contributed by atoms with Gasteiger partial charge in [-0.3, -0.25) is 14.5 Å². The number of carbonyl (C=O) groups excluding carboxylic acids is 2. The summed E-state index contributed by atoms with van der Waals surface area (Å²) in [6.45, 7) is 3.89. The second-order valence-electron chi connectivity index (χ2n) is 6.54. The predicted octanol–water partition coefficient (Wildman–Crippen LogP) is 3.11. The van der Waals surface area contributed by atoms with Crippen molar-refractivity contribution >= 4 is 17.5 Å². The lowest BCUT2D eigenvalue weighted by Crippen LogP contribution is -2.41. The fourth-order valence-electron chi connectivity index (χ4n) is 2.80. The van der Waals surface area contributed by atoms with Crippen LogP contribution in [0.1, 0.15) is 25.5 Å². The Morgan fingerprint density at radius 3 is 2.48 bits per heavy atom. The summed E-state index contributed by atoms with van der Waals surface area (Å²) in [6.07, 6.45) is 0. The number of anilines is 1. The van der Waals surface area contributed by atoms with Crippen molar-refractivity contribution in [2.45, 2.75) is 19.9 Å². The molecule has 156 valence electrons. The molecule has 2 aromatic rings. The molecule has 0 aliphatic carbocycles. The van der Waals surface area contributed by atoms with Crippen molar-refractivity contribution in [1.82, 2.24) is 10.2 Å². The van der Waals surface area contributed by atoms with Gasteiger partial charge in [-0.2, -0.15) is 0 Å². The van der Waals surface area contributed by atoms with Gasteiger partial charge < -0.3 is 15.4 Å². The lowest BCUT2D eigenvalue weighted by atomic mass is 10.1. The minimum absolute atomic E-state index is 0.0143. The highest BCUT2D eigenvalue weighted by Gasteiger charge is 2.17. The third-order valence-corrected chi connectivity index (χ3v) is 4.34. The Morgan fingerprint density at radius 1 is 1.10 bits per heavy atom. The van der Waals surface area contributed by atoms with Gasteiger partial charge in [0.1, 0.15) is 17.4 Å². The van der Waals surface area contributed by atoms with E-state index in [1.165, 1.54) is 13.2 Å². The summed E-state index contributed by atoms with van der Waals surface area (Å²) in [7, 11) is 1.54. The van der Waals surface area contributed by atoms with Gasteiger partial charge in [0.2, 0.25) is 11.8 Å². The number of rotatable bonds is 9. The predicted molar refractivity (Wildman–Crippen MR) is 107 cm³/mol. The molecule has 2 aromatic carbocycles. The number of amides is 2. The first kappa shape index (κ1) is 22.3. The number of hydrogen-bond donors (Lipinski definition) is 2. The van der Waals surface area contributed by atoms with E-state index in [4.69, 9.17) is 4.74 Å². The summed E-state index contributed by atoms with van der Waals surface area (Å²) in [5.74, 6) is -1.41. The average Bonchev–Trinajstić information content (AvgIpc) is 2.67. The number of hydrogen-bond acceptors (Lipinski definition) is 4. The van der Waals surface area contributed by atoms with Crippen molar-refractivity contribution in [3.8, 4) is 5.75 Å². The molecule has 0 aliphatic heterocycles. The van der Waals surface area contributed by atoms with E-state index >= 15 is 0 Å². The van der Waals surface area contributed by atoms with Crippen LogP contribution in [-0.4, -0.2) is 43.5 Å². The molecule has 0 bridgehead atoms. The molecule has 0 radical (unpaired) electrons. The highest BCUT2D eigenvalue weighted by Crippen LogP contribution is 2.18. The van der Waals surface area contributed by atoms with E-state index < -0.39 is 17.7 Å². The van der Waals surface area contributed by atoms with Gasteiger partial charge in [0.05, 0.1) is 26.2 Å². The van der Waals surface area contributed by atoms with Crippen LogP contribution >= 0.6 is 0 Å². The van der Waals surface area contributed by atoms with Crippen LogP contribution in [-0.2, 0) is 9.59 Å². The molecule has 0 aromatic heterocycles. The second-order valence-corrected chi connectivity index (χ2v) is 6.54. The Labute approximate surface area is 168 Å². The number of carbonyl (C=O) groups is 2. The van der Waals surface area contributed by atoms with E-state index in [9.17, 15) is 18.4 Å². The van der Waals surface area contributed by atoms with E-state index in [-0.39, 0.29) is 30.5 Å². The average molecular weight is 405 g/mol. The summed E-state index contributed by atoms with van der Waals surface area (Å²) < 4.78 is 32.0. The first-order valence-corrected chi connectivity index (χ1v) is 9.23. The SMILES string of the molecule is CCN(CC(=O)Nc1cccc(OC)c1)CC(=O)N[C@H](C)c1ccc(F)cc1F. The molecule has 0 aliphatic rings. The van der Waals surface area contributed by atoms with Gasteiger partial charge >= 0.3 is 0 Å². The monoisotopic (exact) mass is 405 g/mol. The van der Waals surface area contributed by atoms with Crippen LogP contribution in [0.5, 0.6) is 5.75 Å². The maximum Gasteiger partial charge on any atom is 0.238 e. The van der Waals surface area contributed by atoms with Crippen molar-refractivity contribution in [3.63, 3.8) is 0 Å². The standard InChI is InChI=1S/C21H25F2N3O3/c1-4-26(13-21(28)25-16-6-5-7-17(11-16)29-3)12-20(27)24-14(2)18-9-8-15(22)10-19(18)23/h5-11,14H,4,12-13H2,1-3H3,(H,24,27)(H,25,28)/t14-/m1/s1. The molecule has 0 fully saturated rings. The zero-order chi connectivity index (χ0) is 21.4. The lowest BCUT2D eigenvalue weighted by molar-refractivity contribution is -0.123. The molecule has 1 atom stereocenters. The minimum atomic E-state index is -0.720. The molecule has 29 heavy (non-hydrogen) atoms. The third kappa shape index (κ3) is 6.83. The van der Waals surface area contributed by atoms with E-state index in [0.29, 0.717) is 18.0 Å². The van der Waals surface area contributed by atoms with Crippen molar-refractivity contribution in [3.05, 3.63) is 59.7 Å². The van der Waals surface area contributed by atoms with Crippen molar-refractivity contribution < 1.29 is 23.1 Å². The largest absolute Gasteiger partial charge is 0.497 e. The van der Waals surface area contributed by atoms with Gasteiger partial charge in [0.15, 0.2) is 0 Å². The van der Waals surface area contributed by atoms with Gasteiger partial charge in [-0.25, -0.2) is 8.78 Å². The van der Waals surface area contributed by atoms with Crippen molar-refractivity contribution in [1.29, 1.82) is 0 Å². The smallest absolute Gasteiger partial charge is 0.238 e. The third-order valence-electron chi connectivity index (χ3n) is 4.34. The van der Waals surface area contributed by atoms with E-state index in [1.54, 1.807) is 36.1 Å². The van der Waals surface area contributed by atoms with Crippen LogP contribution in [0.3, 0.4) is 0 Å². The van der Waals surface area contributed by atoms with Crippen LogP contribution < -0.4 is 15.4 Å². The normalized spacial score (nSPS) is 11.8. The Bertz CT molecular complexity index is 861. The highest BCUT2D eigenvalue weighted by molar-refractivity contribution is 5.92. The van der Waals surface area contributed by atoms with Gasteiger partial charge in [-0.15, -0.1) is 0 Å². The molecule has 2 N–H and O–H groups in total. The Morgan fingerprint density at radius 2 is 1.83 bits per heavy atom. The number of methoxy groups -OCH3 is 1. The van der Waals surface area contributed by atoms with Gasteiger partial charge in [-0.1, -0.05) is 19.1 Å². The summed E-state index contributed by atoms with van der Waals surface area (Å²) in [4.78, 5) is 26.2. The lowest BCUT2D eigenvalue weighted by Gasteiger charge is -2.21. The summed E-state index contributed by atoms with van der Waals surface area (Å²) in [5, 5.41) is 5.42. The molecule has 0 spiro atoms. The first-order valence-electron chi connectivity index (χ1n) is 9.23.